The average molecular weight is 363 g/mol. The van der Waals surface area contributed by atoms with E-state index < -0.39 is 0 Å². The van der Waals surface area contributed by atoms with Gasteiger partial charge in [0.1, 0.15) is 10.8 Å². The summed E-state index contributed by atoms with van der Waals surface area (Å²) in [4.78, 5) is 7.91. The quantitative estimate of drug-likeness (QED) is 0.784. The summed E-state index contributed by atoms with van der Waals surface area (Å²) in [6.45, 7) is 0. The molecule has 0 aliphatic carbocycles. The SMILES string of the molecule is COc1ncc(Cl)c(Oc2ccccc2I)n1. The lowest BCUT2D eigenvalue weighted by Crippen LogP contribution is -1.96. The molecule has 0 bridgehead atoms. The smallest absolute Gasteiger partial charge is 0.319 e. The van der Waals surface area contributed by atoms with Crippen LogP contribution in [0.2, 0.25) is 5.02 Å². The van der Waals surface area contributed by atoms with Gasteiger partial charge in [-0.2, -0.15) is 4.98 Å². The third-order valence-corrected chi connectivity index (χ3v) is 3.07. The van der Waals surface area contributed by atoms with Crippen LogP contribution in [0.15, 0.2) is 30.5 Å². The molecule has 0 saturated carbocycles. The number of nitrogens with zero attached hydrogens (tertiary/aromatic N) is 2. The Labute approximate surface area is 117 Å². The zero-order chi connectivity index (χ0) is 12.3. The van der Waals surface area contributed by atoms with Crippen molar-refractivity contribution in [3.05, 3.63) is 39.1 Å². The molecule has 1 aromatic heterocycles. The minimum atomic E-state index is 0.218. The van der Waals surface area contributed by atoms with E-state index in [0.29, 0.717) is 10.8 Å². The molecule has 0 N–H and O–H groups in total. The first-order chi connectivity index (χ1) is 8.20. The maximum absolute atomic E-state index is 5.95. The van der Waals surface area contributed by atoms with Gasteiger partial charge in [-0.3, -0.25) is 0 Å². The highest BCUT2D eigenvalue weighted by molar-refractivity contribution is 14.1. The minimum absolute atomic E-state index is 0.218. The Morgan fingerprint density at radius 1 is 1.29 bits per heavy atom. The lowest BCUT2D eigenvalue weighted by atomic mass is 10.3. The predicted molar refractivity (Wildman–Crippen MR) is 72.8 cm³/mol. The number of benzene rings is 1. The Balaban J connectivity index is 2.32. The van der Waals surface area contributed by atoms with E-state index in [9.17, 15) is 0 Å². The lowest BCUT2D eigenvalue weighted by molar-refractivity contribution is 0.366. The molecule has 0 amide bonds. The molecule has 4 nitrogen and oxygen atoms in total. The van der Waals surface area contributed by atoms with Gasteiger partial charge in [0.15, 0.2) is 0 Å². The van der Waals surface area contributed by atoms with Crippen molar-refractivity contribution in [2.45, 2.75) is 0 Å². The summed E-state index contributed by atoms with van der Waals surface area (Å²) in [5.41, 5.74) is 0. The van der Waals surface area contributed by atoms with Gasteiger partial charge in [-0.1, -0.05) is 23.7 Å². The van der Waals surface area contributed by atoms with Crippen molar-refractivity contribution in [1.82, 2.24) is 9.97 Å². The highest BCUT2D eigenvalue weighted by atomic mass is 127. The van der Waals surface area contributed by atoms with E-state index in [0.717, 1.165) is 3.57 Å². The van der Waals surface area contributed by atoms with Crippen molar-refractivity contribution in [1.29, 1.82) is 0 Å². The highest BCUT2D eigenvalue weighted by Gasteiger charge is 2.09. The van der Waals surface area contributed by atoms with Crippen LogP contribution in [-0.4, -0.2) is 17.1 Å². The molecule has 2 aromatic rings. The van der Waals surface area contributed by atoms with Crippen LogP contribution in [0.3, 0.4) is 0 Å². The maximum Gasteiger partial charge on any atom is 0.319 e. The van der Waals surface area contributed by atoms with Crippen molar-refractivity contribution < 1.29 is 9.47 Å². The van der Waals surface area contributed by atoms with Gasteiger partial charge in [0.2, 0.25) is 5.88 Å². The Bertz CT molecular complexity index is 537. The first-order valence-corrected chi connectivity index (χ1v) is 6.15. The van der Waals surface area contributed by atoms with Gasteiger partial charge in [-0.05, 0) is 34.7 Å². The minimum Gasteiger partial charge on any atom is -0.467 e. The monoisotopic (exact) mass is 362 g/mol. The summed E-state index contributed by atoms with van der Waals surface area (Å²) in [5, 5.41) is 0.338. The lowest BCUT2D eigenvalue weighted by Gasteiger charge is -2.08. The van der Waals surface area contributed by atoms with Crippen molar-refractivity contribution in [3.8, 4) is 17.6 Å². The van der Waals surface area contributed by atoms with Crippen molar-refractivity contribution in [3.63, 3.8) is 0 Å². The van der Waals surface area contributed by atoms with E-state index in [1.165, 1.54) is 13.3 Å². The summed E-state index contributed by atoms with van der Waals surface area (Å²) < 4.78 is 11.5. The van der Waals surface area contributed by atoms with Crippen LogP contribution in [0.4, 0.5) is 0 Å². The first kappa shape index (κ1) is 12.4. The summed E-state index contributed by atoms with van der Waals surface area (Å²) >= 11 is 8.12. The Kier molecular flexibility index (Phi) is 4.01. The maximum atomic E-state index is 5.95. The van der Waals surface area contributed by atoms with E-state index in [2.05, 4.69) is 32.6 Å². The summed E-state index contributed by atoms with van der Waals surface area (Å²) in [7, 11) is 1.49. The fraction of sp³-hybridized carbons (Fsp3) is 0.0909. The van der Waals surface area contributed by atoms with Crippen LogP contribution in [0.25, 0.3) is 0 Å². The molecule has 17 heavy (non-hydrogen) atoms. The fourth-order valence-electron chi connectivity index (χ4n) is 1.14. The van der Waals surface area contributed by atoms with Crippen LogP contribution in [0.1, 0.15) is 0 Å². The first-order valence-electron chi connectivity index (χ1n) is 4.69. The van der Waals surface area contributed by atoms with Crippen LogP contribution >= 0.6 is 34.2 Å². The molecule has 0 fully saturated rings. The second-order valence-electron chi connectivity index (χ2n) is 3.04. The van der Waals surface area contributed by atoms with Crippen molar-refractivity contribution in [2.24, 2.45) is 0 Å². The van der Waals surface area contributed by atoms with Gasteiger partial charge < -0.3 is 9.47 Å². The van der Waals surface area contributed by atoms with Crippen LogP contribution < -0.4 is 9.47 Å². The van der Waals surface area contributed by atoms with Gasteiger partial charge in [0, 0.05) is 0 Å². The largest absolute Gasteiger partial charge is 0.467 e. The molecule has 0 spiro atoms. The zero-order valence-corrected chi connectivity index (χ0v) is 11.8. The number of para-hydroxylation sites is 1. The second kappa shape index (κ2) is 5.50. The molecule has 0 unspecified atom stereocenters. The number of halogens is 2. The highest BCUT2D eigenvalue weighted by Crippen LogP contribution is 2.30. The topological polar surface area (TPSA) is 44.2 Å². The molecule has 0 atom stereocenters. The molecule has 2 rings (SSSR count). The molecular weight excluding hydrogens is 354 g/mol. The molecule has 0 saturated heterocycles. The van der Waals surface area contributed by atoms with Crippen LogP contribution in [-0.2, 0) is 0 Å². The summed E-state index contributed by atoms with van der Waals surface area (Å²) in [6.07, 6.45) is 1.44. The summed E-state index contributed by atoms with van der Waals surface area (Å²) in [6, 6.07) is 7.80. The molecule has 0 radical (unpaired) electrons. The average Bonchev–Trinajstić information content (AvgIpc) is 2.35. The van der Waals surface area contributed by atoms with Crippen molar-refractivity contribution in [2.75, 3.05) is 7.11 Å². The number of methoxy groups -OCH3 is 1. The molecule has 1 aromatic carbocycles. The number of rotatable bonds is 3. The predicted octanol–water partition coefficient (Wildman–Crippen LogP) is 3.54. The van der Waals surface area contributed by atoms with Crippen molar-refractivity contribution >= 4 is 34.2 Å². The molecular formula is C11H8ClIN2O2. The Morgan fingerprint density at radius 3 is 2.76 bits per heavy atom. The van der Waals surface area contributed by atoms with E-state index in [4.69, 9.17) is 21.1 Å². The van der Waals surface area contributed by atoms with Gasteiger partial charge in [0.05, 0.1) is 16.9 Å². The summed E-state index contributed by atoms with van der Waals surface area (Å²) in [5.74, 6) is 0.971. The third-order valence-electron chi connectivity index (χ3n) is 1.92. The number of aromatic nitrogens is 2. The van der Waals surface area contributed by atoms with E-state index in [1.807, 2.05) is 24.3 Å². The number of hydrogen-bond donors (Lipinski definition) is 0. The van der Waals surface area contributed by atoms with E-state index in [-0.39, 0.29) is 11.9 Å². The molecule has 88 valence electrons. The zero-order valence-electron chi connectivity index (χ0n) is 8.85. The van der Waals surface area contributed by atoms with Gasteiger partial charge in [0.25, 0.3) is 0 Å². The van der Waals surface area contributed by atoms with Gasteiger partial charge in [-0.25, -0.2) is 4.98 Å². The van der Waals surface area contributed by atoms with E-state index >= 15 is 0 Å². The Morgan fingerprint density at radius 2 is 2.06 bits per heavy atom. The second-order valence-corrected chi connectivity index (χ2v) is 4.61. The standard InChI is InChI=1S/C11H8ClIN2O2/c1-16-11-14-6-7(12)10(15-11)17-9-5-3-2-4-8(9)13/h2-6H,1H3. The fourth-order valence-corrected chi connectivity index (χ4v) is 1.76. The molecule has 6 heteroatoms. The Hall–Kier alpha value is -1.08. The normalized spacial score (nSPS) is 10.1. The number of hydrogen-bond acceptors (Lipinski definition) is 4. The third kappa shape index (κ3) is 2.98. The van der Waals surface area contributed by atoms with Gasteiger partial charge in [-0.15, -0.1) is 0 Å². The van der Waals surface area contributed by atoms with Gasteiger partial charge >= 0.3 is 6.01 Å². The van der Waals surface area contributed by atoms with Crippen LogP contribution in [0.5, 0.6) is 17.6 Å². The molecule has 0 aliphatic heterocycles. The van der Waals surface area contributed by atoms with E-state index in [1.54, 1.807) is 0 Å². The molecule has 1 heterocycles. The molecule has 0 aliphatic rings. The van der Waals surface area contributed by atoms with Crippen LogP contribution in [0, 0.1) is 3.57 Å². The number of ether oxygens (including phenoxy) is 2.